The van der Waals surface area contributed by atoms with Gasteiger partial charge in [0.05, 0.1) is 12.7 Å². The molecular weight excluding hydrogens is 412 g/mol. The van der Waals surface area contributed by atoms with Crippen LogP contribution in [0.3, 0.4) is 0 Å². The highest BCUT2D eigenvalue weighted by Crippen LogP contribution is 2.22. The van der Waals surface area contributed by atoms with Gasteiger partial charge >= 0.3 is 5.97 Å². The van der Waals surface area contributed by atoms with Gasteiger partial charge in [0.1, 0.15) is 0 Å². The summed E-state index contributed by atoms with van der Waals surface area (Å²) in [5.41, 5.74) is 0. The van der Waals surface area contributed by atoms with Gasteiger partial charge in [-0.2, -0.15) is 0 Å². The van der Waals surface area contributed by atoms with Crippen molar-refractivity contribution in [2.24, 2.45) is 5.92 Å². The van der Waals surface area contributed by atoms with E-state index >= 15 is 0 Å². The van der Waals surface area contributed by atoms with Crippen molar-refractivity contribution >= 4 is 5.97 Å². The van der Waals surface area contributed by atoms with Crippen LogP contribution in [0, 0.1) is 5.92 Å². The number of aliphatic hydroxyl groups excluding tert-OH is 2. The van der Waals surface area contributed by atoms with Crippen LogP contribution >= 0.6 is 0 Å². The number of aliphatic carboxylic acids is 1. The summed E-state index contributed by atoms with van der Waals surface area (Å²) in [7, 11) is 0. The summed E-state index contributed by atoms with van der Waals surface area (Å²) in [5, 5.41) is 25.7. The fourth-order valence-corrected chi connectivity index (χ4v) is 4.21. The Kier molecular flexibility index (Phi) is 30.8. The van der Waals surface area contributed by atoms with E-state index in [-0.39, 0.29) is 6.61 Å². The largest absolute Gasteiger partial charge is 0.481 e. The van der Waals surface area contributed by atoms with E-state index in [1.165, 1.54) is 116 Å². The first-order chi connectivity index (χ1) is 16.0. The first kappa shape index (κ1) is 34.6. The maximum Gasteiger partial charge on any atom is 0.303 e. The zero-order valence-corrected chi connectivity index (χ0v) is 22.7. The molecule has 4 heteroatoms. The third kappa shape index (κ3) is 31.4. The van der Waals surface area contributed by atoms with Gasteiger partial charge in [-0.1, -0.05) is 136 Å². The normalized spacial score (nSPS) is 12.8. The molecule has 0 aliphatic heterocycles. The van der Waals surface area contributed by atoms with Crippen molar-refractivity contribution in [3.8, 4) is 0 Å². The second-order valence-corrected chi connectivity index (χ2v) is 9.94. The Morgan fingerprint density at radius 1 is 0.606 bits per heavy atom. The van der Waals surface area contributed by atoms with Gasteiger partial charge in [-0.3, -0.25) is 4.79 Å². The lowest BCUT2D eigenvalue weighted by Gasteiger charge is -2.14. The summed E-state index contributed by atoms with van der Waals surface area (Å²) in [5.74, 6) is -0.191. The number of carbonyl (C=O) groups is 1. The highest BCUT2D eigenvalue weighted by atomic mass is 16.4. The Bertz CT molecular complexity index is 369. The van der Waals surface area contributed by atoms with Gasteiger partial charge in [0.2, 0.25) is 0 Å². The highest BCUT2D eigenvalue weighted by molar-refractivity contribution is 5.66. The summed E-state index contributed by atoms with van der Waals surface area (Å²) in [6.07, 6.45) is 27.0. The van der Waals surface area contributed by atoms with Crippen LogP contribution in [-0.4, -0.2) is 34.0 Å². The molecule has 0 saturated heterocycles. The number of hydrogen-bond acceptors (Lipinski definition) is 3. The molecule has 0 aliphatic rings. The Balaban J connectivity index is 0. The minimum Gasteiger partial charge on any atom is -0.481 e. The standard InChI is InChI=1S/C25H50O2.C4H10O2/c1-3-5-7-9-11-13-14-16-18-20-22-24(23-25(26)27)21-19-17-15-12-10-8-6-4-2;1-2-4(6)3-5/h24H,3-23H2,1-2H3,(H,26,27);4-6H,2-3H2,1H3. The fourth-order valence-electron chi connectivity index (χ4n) is 4.21. The Labute approximate surface area is 207 Å². The van der Waals surface area contributed by atoms with Crippen molar-refractivity contribution in [1.82, 2.24) is 0 Å². The lowest BCUT2D eigenvalue weighted by atomic mass is 9.91. The van der Waals surface area contributed by atoms with Crippen LogP contribution in [0.1, 0.15) is 162 Å². The molecule has 2 atom stereocenters. The Hall–Kier alpha value is -0.610. The van der Waals surface area contributed by atoms with Gasteiger partial charge in [0.25, 0.3) is 0 Å². The minimum absolute atomic E-state index is 0.115. The molecule has 0 aliphatic carbocycles. The van der Waals surface area contributed by atoms with Crippen molar-refractivity contribution in [2.45, 2.75) is 168 Å². The van der Waals surface area contributed by atoms with E-state index in [0.29, 0.717) is 18.8 Å². The van der Waals surface area contributed by atoms with Gasteiger partial charge in [-0.05, 0) is 25.2 Å². The molecule has 33 heavy (non-hydrogen) atoms. The topological polar surface area (TPSA) is 77.8 Å². The van der Waals surface area contributed by atoms with Crippen LogP contribution in [0.4, 0.5) is 0 Å². The maximum atomic E-state index is 11.1. The molecule has 0 fully saturated rings. The average Bonchev–Trinajstić information content (AvgIpc) is 2.81. The molecule has 0 bridgehead atoms. The molecule has 2 unspecified atom stereocenters. The number of carboxylic acid groups (broad SMARTS) is 1. The number of aliphatic hydroxyl groups is 2. The van der Waals surface area contributed by atoms with E-state index in [2.05, 4.69) is 13.8 Å². The SMILES string of the molecule is CCC(O)CO.CCCCCCCCCCCCC(CCCCCCCCCC)CC(=O)O. The smallest absolute Gasteiger partial charge is 0.303 e. The Morgan fingerprint density at radius 3 is 1.18 bits per heavy atom. The molecule has 0 radical (unpaired) electrons. The molecule has 0 aromatic heterocycles. The van der Waals surface area contributed by atoms with E-state index in [1.54, 1.807) is 0 Å². The maximum absolute atomic E-state index is 11.1. The van der Waals surface area contributed by atoms with Crippen molar-refractivity contribution in [3.05, 3.63) is 0 Å². The summed E-state index contributed by atoms with van der Waals surface area (Å²) in [6, 6.07) is 0. The van der Waals surface area contributed by atoms with Crippen LogP contribution in [0.25, 0.3) is 0 Å². The molecule has 0 saturated carbocycles. The van der Waals surface area contributed by atoms with Crippen LogP contribution in [0.15, 0.2) is 0 Å². The molecule has 0 rings (SSSR count). The summed E-state index contributed by atoms with van der Waals surface area (Å²) >= 11 is 0. The lowest BCUT2D eigenvalue weighted by Crippen LogP contribution is -2.08. The quantitative estimate of drug-likeness (QED) is 0.123. The number of carboxylic acids is 1. The van der Waals surface area contributed by atoms with E-state index in [1.807, 2.05) is 6.92 Å². The van der Waals surface area contributed by atoms with Gasteiger partial charge in [-0.25, -0.2) is 0 Å². The van der Waals surface area contributed by atoms with E-state index < -0.39 is 12.1 Å². The van der Waals surface area contributed by atoms with Crippen molar-refractivity contribution in [1.29, 1.82) is 0 Å². The van der Waals surface area contributed by atoms with Crippen LogP contribution in [-0.2, 0) is 4.79 Å². The summed E-state index contributed by atoms with van der Waals surface area (Å²) in [6.45, 7) is 6.24. The van der Waals surface area contributed by atoms with Gasteiger partial charge in [-0.15, -0.1) is 0 Å². The number of unbranched alkanes of at least 4 members (excludes halogenated alkanes) is 16. The van der Waals surface area contributed by atoms with Crippen molar-refractivity contribution in [3.63, 3.8) is 0 Å². The van der Waals surface area contributed by atoms with Gasteiger partial charge < -0.3 is 15.3 Å². The van der Waals surface area contributed by atoms with E-state index in [9.17, 15) is 4.79 Å². The van der Waals surface area contributed by atoms with Crippen LogP contribution in [0.2, 0.25) is 0 Å². The molecular formula is C29H60O4. The van der Waals surface area contributed by atoms with Crippen molar-refractivity contribution in [2.75, 3.05) is 6.61 Å². The van der Waals surface area contributed by atoms with Crippen LogP contribution < -0.4 is 0 Å². The zero-order chi connectivity index (χ0) is 25.0. The molecule has 0 heterocycles. The van der Waals surface area contributed by atoms with Crippen LogP contribution in [0.5, 0.6) is 0 Å². The Morgan fingerprint density at radius 2 is 0.939 bits per heavy atom. The fraction of sp³-hybridized carbons (Fsp3) is 0.966. The molecule has 0 aromatic rings. The highest BCUT2D eigenvalue weighted by Gasteiger charge is 2.12. The van der Waals surface area contributed by atoms with E-state index in [0.717, 1.165) is 12.8 Å². The molecule has 200 valence electrons. The van der Waals surface area contributed by atoms with Crippen molar-refractivity contribution < 1.29 is 20.1 Å². The summed E-state index contributed by atoms with van der Waals surface area (Å²) in [4.78, 5) is 11.1. The average molecular weight is 473 g/mol. The summed E-state index contributed by atoms with van der Waals surface area (Å²) < 4.78 is 0. The molecule has 4 nitrogen and oxygen atoms in total. The second kappa shape index (κ2) is 29.4. The zero-order valence-electron chi connectivity index (χ0n) is 22.7. The first-order valence-electron chi connectivity index (χ1n) is 14.5. The predicted octanol–water partition coefficient (Wildman–Crippen LogP) is 8.67. The third-order valence-electron chi connectivity index (χ3n) is 6.58. The second-order valence-electron chi connectivity index (χ2n) is 9.94. The lowest BCUT2D eigenvalue weighted by molar-refractivity contribution is -0.138. The monoisotopic (exact) mass is 472 g/mol. The third-order valence-corrected chi connectivity index (χ3v) is 6.58. The molecule has 0 spiro atoms. The predicted molar refractivity (Wildman–Crippen MR) is 143 cm³/mol. The van der Waals surface area contributed by atoms with E-state index in [4.69, 9.17) is 15.3 Å². The molecule has 0 amide bonds. The van der Waals surface area contributed by atoms with Gasteiger partial charge in [0.15, 0.2) is 0 Å². The van der Waals surface area contributed by atoms with Gasteiger partial charge in [0, 0.05) is 6.42 Å². The molecule has 3 N–H and O–H groups in total. The number of hydrogen-bond donors (Lipinski definition) is 3. The minimum atomic E-state index is -0.605. The number of rotatable bonds is 24. The first-order valence-corrected chi connectivity index (χ1v) is 14.5. The molecule has 0 aromatic carbocycles.